The molecule has 1 aromatic carbocycles. The van der Waals surface area contributed by atoms with Crippen molar-refractivity contribution in [2.45, 2.75) is 32.5 Å². The summed E-state index contributed by atoms with van der Waals surface area (Å²) in [6, 6.07) is 7.35. The van der Waals surface area contributed by atoms with Crippen molar-refractivity contribution >= 4 is 5.91 Å². The van der Waals surface area contributed by atoms with Gasteiger partial charge in [0.2, 0.25) is 11.8 Å². The Balaban J connectivity index is 1.52. The molecular formula is C18H24N4O4. The van der Waals surface area contributed by atoms with Crippen LogP contribution in [0.3, 0.4) is 0 Å². The first kappa shape index (κ1) is 18.3. The molecule has 8 nitrogen and oxygen atoms in total. The quantitative estimate of drug-likeness (QED) is 0.813. The molecular weight excluding hydrogens is 336 g/mol. The lowest BCUT2D eigenvalue weighted by atomic mass is 10.2. The number of hydrogen-bond donors (Lipinski definition) is 1. The van der Waals surface area contributed by atoms with Gasteiger partial charge < -0.3 is 19.2 Å². The summed E-state index contributed by atoms with van der Waals surface area (Å²) in [4.78, 5) is 15.9. The molecule has 1 aromatic heterocycles. The lowest BCUT2D eigenvalue weighted by Gasteiger charge is -2.24. The van der Waals surface area contributed by atoms with Gasteiger partial charge in [0.25, 0.3) is 5.91 Å². The number of rotatable bonds is 6. The van der Waals surface area contributed by atoms with Gasteiger partial charge in [-0.2, -0.15) is 0 Å². The summed E-state index contributed by atoms with van der Waals surface area (Å²) in [5.41, 5.74) is 1.13. The monoisotopic (exact) mass is 360 g/mol. The van der Waals surface area contributed by atoms with Crippen molar-refractivity contribution in [3.8, 4) is 5.75 Å². The number of aromatic nitrogens is 2. The molecule has 2 heterocycles. The normalized spacial score (nSPS) is 20.0. The number of benzene rings is 1. The minimum atomic E-state index is -0.632. The molecule has 140 valence electrons. The standard InChI is InChI=1S/C18H24N4O4/c1-12-4-6-14(7-5-12)25-11-18(24)22-8-15(16(23)9-22)21(3)10-17-20-19-13(2)26-17/h4-7,15-16,23H,8-11H2,1-3H3/t15?,16-/m1/s1. The molecule has 1 saturated heterocycles. The van der Waals surface area contributed by atoms with Gasteiger partial charge in [-0.25, -0.2) is 0 Å². The number of carbonyl (C=O) groups excluding carboxylic acids is 1. The number of likely N-dealkylation sites (N-methyl/N-ethyl adjacent to an activating group) is 1. The number of β-amino-alcohol motifs (C(OH)–C–C–N with tert-alkyl or cyclic N) is 1. The first-order valence-corrected chi connectivity index (χ1v) is 8.57. The van der Waals surface area contributed by atoms with Crippen molar-refractivity contribution < 1.29 is 19.1 Å². The van der Waals surface area contributed by atoms with Crippen molar-refractivity contribution in [1.29, 1.82) is 0 Å². The van der Waals surface area contributed by atoms with Crippen LogP contribution in [0, 0.1) is 13.8 Å². The highest BCUT2D eigenvalue weighted by Crippen LogP contribution is 2.18. The van der Waals surface area contributed by atoms with Gasteiger partial charge in [-0.1, -0.05) is 17.7 Å². The van der Waals surface area contributed by atoms with E-state index in [0.29, 0.717) is 30.6 Å². The fraction of sp³-hybridized carbons (Fsp3) is 0.500. The van der Waals surface area contributed by atoms with Crippen LogP contribution < -0.4 is 4.74 Å². The van der Waals surface area contributed by atoms with E-state index >= 15 is 0 Å². The molecule has 8 heteroatoms. The minimum Gasteiger partial charge on any atom is -0.484 e. The Bertz CT molecular complexity index is 746. The van der Waals surface area contributed by atoms with Crippen LogP contribution in [0.15, 0.2) is 28.7 Å². The van der Waals surface area contributed by atoms with E-state index in [1.165, 1.54) is 0 Å². The van der Waals surface area contributed by atoms with E-state index in [9.17, 15) is 9.90 Å². The molecule has 0 aliphatic carbocycles. The Morgan fingerprint density at radius 3 is 2.69 bits per heavy atom. The van der Waals surface area contributed by atoms with Gasteiger partial charge in [0.15, 0.2) is 6.61 Å². The van der Waals surface area contributed by atoms with Gasteiger partial charge in [0.1, 0.15) is 5.75 Å². The van der Waals surface area contributed by atoms with Gasteiger partial charge >= 0.3 is 0 Å². The number of amides is 1. The summed E-state index contributed by atoms with van der Waals surface area (Å²) in [5.74, 6) is 1.51. The van der Waals surface area contributed by atoms with Gasteiger partial charge in [-0.3, -0.25) is 9.69 Å². The number of aliphatic hydroxyl groups excluding tert-OH is 1. The van der Waals surface area contributed by atoms with E-state index in [1.807, 2.05) is 43.1 Å². The fourth-order valence-electron chi connectivity index (χ4n) is 3.01. The average molecular weight is 360 g/mol. The summed E-state index contributed by atoms with van der Waals surface area (Å²) < 4.78 is 10.9. The summed E-state index contributed by atoms with van der Waals surface area (Å²) >= 11 is 0. The van der Waals surface area contributed by atoms with E-state index in [0.717, 1.165) is 5.56 Å². The van der Waals surface area contributed by atoms with Gasteiger partial charge in [-0.15, -0.1) is 10.2 Å². The van der Waals surface area contributed by atoms with Crippen LogP contribution in [0.1, 0.15) is 17.3 Å². The Labute approximate surface area is 152 Å². The zero-order valence-electron chi connectivity index (χ0n) is 15.3. The fourth-order valence-corrected chi connectivity index (χ4v) is 3.01. The third kappa shape index (κ3) is 4.39. The molecule has 2 atom stereocenters. The predicted molar refractivity (Wildman–Crippen MR) is 93.6 cm³/mol. The largest absolute Gasteiger partial charge is 0.484 e. The van der Waals surface area contributed by atoms with Crippen LogP contribution in [0.2, 0.25) is 0 Å². The smallest absolute Gasteiger partial charge is 0.260 e. The Kier molecular flexibility index (Phi) is 5.53. The molecule has 1 amide bonds. The number of ether oxygens (including phenoxy) is 1. The van der Waals surface area contributed by atoms with Gasteiger partial charge in [-0.05, 0) is 26.1 Å². The number of aliphatic hydroxyl groups is 1. The highest BCUT2D eigenvalue weighted by atomic mass is 16.5. The molecule has 1 aliphatic rings. The van der Waals surface area contributed by atoms with Gasteiger partial charge in [0.05, 0.1) is 18.7 Å². The first-order chi connectivity index (χ1) is 12.4. The minimum absolute atomic E-state index is 0.0466. The topological polar surface area (TPSA) is 91.9 Å². The second kappa shape index (κ2) is 7.84. The van der Waals surface area contributed by atoms with E-state index < -0.39 is 6.10 Å². The summed E-state index contributed by atoms with van der Waals surface area (Å²) in [7, 11) is 1.87. The molecule has 2 aromatic rings. The van der Waals surface area contributed by atoms with Crippen molar-refractivity contribution in [2.75, 3.05) is 26.7 Å². The average Bonchev–Trinajstić information content (AvgIpc) is 3.19. The maximum atomic E-state index is 12.4. The molecule has 3 rings (SSSR count). The van der Waals surface area contributed by atoms with E-state index in [1.54, 1.807) is 11.8 Å². The predicted octanol–water partition coefficient (Wildman–Crippen LogP) is 0.769. The van der Waals surface area contributed by atoms with Crippen LogP contribution in [0.25, 0.3) is 0 Å². The lowest BCUT2D eigenvalue weighted by molar-refractivity contribution is -0.132. The third-order valence-corrected chi connectivity index (χ3v) is 4.51. The van der Waals surface area contributed by atoms with E-state index in [4.69, 9.17) is 9.15 Å². The van der Waals surface area contributed by atoms with Gasteiger partial charge in [0, 0.05) is 20.0 Å². The number of nitrogens with zero attached hydrogens (tertiary/aromatic N) is 4. The van der Waals surface area contributed by atoms with Crippen LogP contribution >= 0.6 is 0 Å². The van der Waals surface area contributed by atoms with E-state index in [2.05, 4.69) is 10.2 Å². The second-order valence-electron chi connectivity index (χ2n) is 6.67. The van der Waals surface area contributed by atoms with Crippen LogP contribution in [-0.4, -0.2) is 69.9 Å². The van der Waals surface area contributed by atoms with Crippen molar-refractivity contribution in [2.24, 2.45) is 0 Å². The zero-order valence-corrected chi connectivity index (χ0v) is 15.3. The number of likely N-dealkylation sites (tertiary alicyclic amines) is 1. The lowest BCUT2D eigenvalue weighted by Crippen LogP contribution is -2.40. The zero-order chi connectivity index (χ0) is 18.7. The SMILES string of the molecule is Cc1ccc(OCC(=O)N2CC(N(C)Cc3nnc(C)o3)[C@H](O)C2)cc1. The molecule has 0 bridgehead atoms. The molecule has 1 fully saturated rings. The molecule has 1 aliphatic heterocycles. The molecule has 0 saturated carbocycles. The molecule has 0 radical (unpaired) electrons. The Morgan fingerprint density at radius 2 is 2.04 bits per heavy atom. The molecule has 0 spiro atoms. The summed E-state index contributed by atoms with van der Waals surface area (Å²) in [5, 5.41) is 18.1. The summed E-state index contributed by atoms with van der Waals surface area (Å²) in [6.07, 6.45) is -0.632. The molecule has 1 unspecified atom stereocenters. The van der Waals surface area contributed by atoms with E-state index in [-0.39, 0.29) is 25.1 Å². The third-order valence-electron chi connectivity index (χ3n) is 4.51. The Hall–Kier alpha value is -2.45. The van der Waals surface area contributed by atoms with Crippen LogP contribution in [0.4, 0.5) is 0 Å². The van der Waals surface area contributed by atoms with Crippen molar-refractivity contribution in [3.63, 3.8) is 0 Å². The maximum Gasteiger partial charge on any atom is 0.260 e. The van der Waals surface area contributed by atoms with Crippen molar-refractivity contribution in [1.82, 2.24) is 20.0 Å². The molecule has 26 heavy (non-hydrogen) atoms. The second-order valence-corrected chi connectivity index (χ2v) is 6.67. The van der Waals surface area contributed by atoms with Crippen LogP contribution in [-0.2, 0) is 11.3 Å². The molecule has 1 N–H and O–H groups in total. The highest BCUT2D eigenvalue weighted by molar-refractivity contribution is 5.78. The number of hydrogen-bond acceptors (Lipinski definition) is 7. The Morgan fingerprint density at radius 1 is 1.31 bits per heavy atom. The number of carbonyl (C=O) groups is 1. The first-order valence-electron chi connectivity index (χ1n) is 8.57. The van der Waals surface area contributed by atoms with Crippen LogP contribution in [0.5, 0.6) is 5.75 Å². The number of aryl methyl sites for hydroxylation is 2. The van der Waals surface area contributed by atoms with Crippen molar-refractivity contribution in [3.05, 3.63) is 41.6 Å². The maximum absolute atomic E-state index is 12.4. The highest BCUT2D eigenvalue weighted by Gasteiger charge is 2.36. The summed E-state index contributed by atoms with van der Waals surface area (Å²) in [6.45, 7) is 4.82.